The molecule has 1 N–H and O–H groups in total. The van der Waals surface area contributed by atoms with Crippen LogP contribution in [0, 0.1) is 5.92 Å². The number of hydrogen-bond acceptors (Lipinski definition) is 4. The van der Waals surface area contributed by atoms with Crippen molar-refractivity contribution in [3.05, 3.63) is 0 Å². The van der Waals surface area contributed by atoms with E-state index in [1.54, 1.807) is 0 Å². The van der Waals surface area contributed by atoms with Crippen LogP contribution in [0.4, 0.5) is 13.2 Å². The number of carbonyl (C=O) groups is 1. The van der Waals surface area contributed by atoms with E-state index in [1.165, 1.54) is 0 Å². The molecule has 1 fully saturated rings. The van der Waals surface area contributed by atoms with Crippen molar-refractivity contribution in [2.75, 3.05) is 5.75 Å². The summed E-state index contributed by atoms with van der Waals surface area (Å²) in [5.74, 6) is -3.34. The van der Waals surface area contributed by atoms with Crippen LogP contribution in [0.2, 0.25) is 0 Å². The molecular weight excluding hydrogens is 277 g/mol. The van der Waals surface area contributed by atoms with Crippen LogP contribution in [0.15, 0.2) is 0 Å². The minimum Gasteiger partial charge on any atom is -0.451 e. The van der Waals surface area contributed by atoms with Crippen LogP contribution in [0.25, 0.3) is 0 Å². The molecule has 0 heterocycles. The van der Waals surface area contributed by atoms with Crippen LogP contribution in [0.1, 0.15) is 25.7 Å². The van der Waals surface area contributed by atoms with E-state index in [-0.39, 0.29) is 0 Å². The molecule has 0 aromatic rings. The Bertz CT molecular complexity index is 397. The molecule has 9 heteroatoms. The SMILES string of the molecule is O=C(OC(CS(=O)(=O)O)C(F)(F)F)C1CCCC1. The fourth-order valence-electron chi connectivity index (χ4n) is 1.78. The Morgan fingerprint density at radius 3 is 2.22 bits per heavy atom. The minimum absolute atomic E-state index is 0.440. The number of hydrogen-bond donors (Lipinski definition) is 1. The summed E-state index contributed by atoms with van der Waals surface area (Å²) >= 11 is 0. The maximum absolute atomic E-state index is 12.4. The van der Waals surface area contributed by atoms with E-state index in [9.17, 15) is 26.4 Å². The van der Waals surface area contributed by atoms with E-state index in [1.807, 2.05) is 0 Å². The van der Waals surface area contributed by atoms with E-state index < -0.39 is 40.0 Å². The summed E-state index contributed by atoms with van der Waals surface area (Å²) < 4.78 is 70.8. The summed E-state index contributed by atoms with van der Waals surface area (Å²) in [5, 5.41) is 0. The molecule has 0 aromatic heterocycles. The van der Waals surface area contributed by atoms with Gasteiger partial charge in [-0.1, -0.05) is 12.8 Å². The number of esters is 1. The molecule has 0 radical (unpaired) electrons. The summed E-state index contributed by atoms with van der Waals surface area (Å²) in [4.78, 5) is 11.4. The monoisotopic (exact) mass is 290 g/mol. The summed E-state index contributed by atoms with van der Waals surface area (Å²) in [5.41, 5.74) is 0. The van der Waals surface area contributed by atoms with Crippen molar-refractivity contribution in [2.45, 2.75) is 38.0 Å². The number of halogens is 3. The van der Waals surface area contributed by atoms with Gasteiger partial charge in [0.15, 0.2) is 0 Å². The first-order valence-corrected chi connectivity index (χ1v) is 6.93. The third-order valence-corrected chi connectivity index (χ3v) is 3.40. The molecule has 18 heavy (non-hydrogen) atoms. The lowest BCUT2D eigenvalue weighted by Crippen LogP contribution is -2.40. The van der Waals surface area contributed by atoms with Gasteiger partial charge in [-0.2, -0.15) is 21.6 Å². The van der Waals surface area contributed by atoms with Crippen LogP contribution in [0.5, 0.6) is 0 Å². The van der Waals surface area contributed by atoms with Gasteiger partial charge in [0.2, 0.25) is 6.10 Å². The minimum atomic E-state index is -5.02. The Kier molecular flexibility index (Phi) is 4.60. The number of rotatable bonds is 4. The van der Waals surface area contributed by atoms with Crippen LogP contribution < -0.4 is 0 Å². The predicted molar refractivity (Wildman–Crippen MR) is 54.3 cm³/mol. The second-order valence-corrected chi connectivity index (χ2v) is 5.69. The average molecular weight is 290 g/mol. The van der Waals surface area contributed by atoms with Crippen molar-refractivity contribution < 1.29 is 35.7 Å². The van der Waals surface area contributed by atoms with Gasteiger partial charge in [-0.25, -0.2) is 0 Å². The number of ether oxygens (including phenoxy) is 1. The van der Waals surface area contributed by atoms with E-state index in [2.05, 4.69) is 4.74 Å². The summed E-state index contributed by atoms with van der Waals surface area (Å²) in [6.07, 6.45) is -5.50. The standard InChI is InChI=1S/C9H13F3O5S/c10-9(11,12)7(5-18(14,15)16)17-8(13)6-3-1-2-4-6/h6-7H,1-5H2,(H,14,15,16). The predicted octanol–water partition coefficient (Wildman–Crippen LogP) is 1.54. The molecule has 0 aliphatic heterocycles. The fraction of sp³-hybridized carbons (Fsp3) is 0.889. The summed E-state index contributed by atoms with van der Waals surface area (Å²) in [6.45, 7) is 0. The normalized spacial score (nSPS) is 19.8. The molecule has 1 rings (SSSR count). The van der Waals surface area contributed by atoms with Crippen molar-refractivity contribution in [1.82, 2.24) is 0 Å². The summed E-state index contributed by atoms with van der Waals surface area (Å²) in [7, 11) is -4.87. The fourth-order valence-corrected chi connectivity index (χ4v) is 2.42. The van der Waals surface area contributed by atoms with Crippen LogP contribution in [0.3, 0.4) is 0 Å². The third-order valence-electron chi connectivity index (χ3n) is 2.67. The molecule has 0 aromatic carbocycles. The summed E-state index contributed by atoms with van der Waals surface area (Å²) in [6, 6.07) is 0. The molecule has 1 unspecified atom stereocenters. The van der Waals surface area contributed by atoms with E-state index in [0.717, 1.165) is 12.8 Å². The van der Waals surface area contributed by atoms with Crippen molar-refractivity contribution in [1.29, 1.82) is 0 Å². The van der Waals surface area contributed by atoms with Gasteiger partial charge in [0.25, 0.3) is 10.1 Å². The number of carbonyl (C=O) groups excluding carboxylic acids is 1. The maximum Gasteiger partial charge on any atom is 0.426 e. The highest BCUT2D eigenvalue weighted by molar-refractivity contribution is 7.85. The zero-order valence-electron chi connectivity index (χ0n) is 9.31. The highest BCUT2D eigenvalue weighted by atomic mass is 32.2. The quantitative estimate of drug-likeness (QED) is 0.627. The molecule has 106 valence electrons. The van der Waals surface area contributed by atoms with Crippen LogP contribution >= 0.6 is 0 Å². The lowest BCUT2D eigenvalue weighted by Gasteiger charge is -2.21. The van der Waals surface area contributed by atoms with Gasteiger partial charge in [0.1, 0.15) is 5.75 Å². The van der Waals surface area contributed by atoms with Gasteiger partial charge in [0.05, 0.1) is 5.92 Å². The van der Waals surface area contributed by atoms with Gasteiger partial charge in [0, 0.05) is 0 Å². The Morgan fingerprint density at radius 1 is 1.33 bits per heavy atom. The molecular formula is C9H13F3O5S. The molecule has 1 atom stereocenters. The maximum atomic E-state index is 12.4. The Morgan fingerprint density at radius 2 is 1.83 bits per heavy atom. The molecule has 0 saturated heterocycles. The van der Waals surface area contributed by atoms with E-state index in [4.69, 9.17) is 4.55 Å². The molecule has 0 spiro atoms. The van der Waals surface area contributed by atoms with Gasteiger partial charge in [-0.05, 0) is 12.8 Å². The zero-order valence-corrected chi connectivity index (χ0v) is 10.1. The molecule has 5 nitrogen and oxygen atoms in total. The van der Waals surface area contributed by atoms with E-state index in [0.29, 0.717) is 12.8 Å². The topological polar surface area (TPSA) is 80.7 Å². The zero-order chi connectivity index (χ0) is 14.0. The largest absolute Gasteiger partial charge is 0.451 e. The van der Waals surface area contributed by atoms with Crippen molar-refractivity contribution in [2.24, 2.45) is 5.92 Å². The first-order valence-electron chi connectivity index (χ1n) is 5.32. The van der Waals surface area contributed by atoms with Crippen molar-refractivity contribution in [3.63, 3.8) is 0 Å². The van der Waals surface area contributed by atoms with Gasteiger partial charge in [-0.15, -0.1) is 0 Å². The third kappa shape index (κ3) is 4.81. The highest BCUT2D eigenvalue weighted by Crippen LogP contribution is 2.29. The lowest BCUT2D eigenvalue weighted by atomic mass is 10.1. The average Bonchev–Trinajstić information content (AvgIpc) is 2.65. The van der Waals surface area contributed by atoms with E-state index >= 15 is 0 Å². The van der Waals surface area contributed by atoms with Crippen molar-refractivity contribution >= 4 is 16.1 Å². The van der Waals surface area contributed by atoms with Crippen molar-refractivity contribution in [3.8, 4) is 0 Å². The van der Waals surface area contributed by atoms with Gasteiger partial charge in [-0.3, -0.25) is 9.35 Å². The molecule has 0 bridgehead atoms. The first-order chi connectivity index (χ1) is 8.09. The van der Waals surface area contributed by atoms with Gasteiger partial charge < -0.3 is 4.74 Å². The number of alkyl halides is 3. The second-order valence-electron chi connectivity index (χ2n) is 4.20. The smallest absolute Gasteiger partial charge is 0.426 e. The first kappa shape index (κ1) is 15.2. The molecule has 0 amide bonds. The van der Waals surface area contributed by atoms with Crippen LogP contribution in [-0.4, -0.2) is 37.0 Å². The Hall–Kier alpha value is -0.830. The molecule has 1 aliphatic carbocycles. The molecule has 1 saturated carbocycles. The van der Waals surface area contributed by atoms with Gasteiger partial charge >= 0.3 is 12.1 Å². The Balaban J connectivity index is 2.69. The molecule has 1 aliphatic rings. The lowest BCUT2D eigenvalue weighted by molar-refractivity contribution is -0.217. The highest BCUT2D eigenvalue weighted by Gasteiger charge is 2.46. The Labute approximate surface area is 102 Å². The second kappa shape index (κ2) is 5.43. The van der Waals surface area contributed by atoms with Crippen LogP contribution in [-0.2, 0) is 19.6 Å².